The van der Waals surface area contributed by atoms with Gasteiger partial charge in [-0.05, 0) is 31.5 Å². The maximum Gasteiger partial charge on any atom is 0.203 e. The van der Waals surface area contributed by atoms with Crippen LogP contribution in [0.2, 0.25) is 0 Å². The lowest BCUT2D eigenvalue weighted by atomic mass is 9.77. The van der Waals surface area contributed by atoms with E-state index >= 15 is 0 Å². The van der Waals surface area contributed by atoms with Crippen molar-refractivity contribution in [3.63, 3.8) is 0 Å². The Morgan fingerprint density at radius 1 is 0.897 bits per heavy atom. The van der Waals surface area contributed by atoms with Crippen molar-refractivity contribution in [2.75, 3.05) is 0 Å². The summed E-state index contributed by atoms with van der Waals surface area (Å²) in [5, 5.41) is 2.10. The average molecular weight is 381 g/mol. The van der Waals surface area contributed by atoms with Crippen molar-refractivity contribution < 1.29 is 14.3 Å². The molecule has 6 rings (SSSR count). The van der Waals surface area contributed by atoms with Gasteiger partial charge in [0, 0.05) is 27.9 Å². The first-order valence-corrected chi connectivity index (χ1v) is 9.93. The van der Waals surface area contributed by atoms with E-state index in [1.165, 1.54) is 0 Å². The fraction of sp³-hybridized carbons (Fsp3) is 0.200. The van der Waals surface area contributed by atoms with Crippen LogP contribution >= 0.6 is 0 Å². The molecule has 1 aromatic heterocycles. The molecule has 4 nitrogen and oxygen atoms in total. The number of carbonyl (C=O) groups is 2. The largest absolute Gasteiger partial charge is 0.343 e. The minimum absolute atomic E-state index is 0.0984. The molecule has 0 amide bonds. The summed E-state index contributed by atoms with van der Waals surface area (Å²) in [6, 6.07) is 21.4. The first-order valence-electron chi connectivity index (χ1n) is 9.93. The third-order valence-electron chi connectivity index (χ3n) is 6.27. The summed E-state index contributed by atoms with van der Waals surface area (Å²) in [5.74, 6) is -0.218. The summed E-state index contributed by atoms with van der Waals surface area (Å²) in [6.45, 7) is 4.20. The number of carbonyl (C=O) groups excluding carboxylic acids is 2. The van der Waals surface area contributed by atoms with Gasteiger partial charge in [-0.25, -0.2) is 0 Å². The molecule has 0 spiro atoms. The van der Waals surface area contributed by atoms with Gasteiger partial charge in [0.25, 0.3) is 0 Å². The van der Waals surface area contributed by atoms with E-state index in [0.29, 0.717) is 11.1 Å². The lowest BCUT2D eigenvalue weighted by molar-refractivity contribution is 0.0859. The maximum absolute atomic E-state index is 13.6. The van der Waals surface area contributed by atoms with Crippen LogP contribution in [0, 0.1) is 0 Å². The first kappa shape index (κ1) is 16.7. The lowest BCUT2D eigenvalue weighted by Gasteiger charge is -2.21. The second-order valence-corrected chi connectivity index (χ2v) is 8.16. The highest BCUT2D eigenvalue weighted by atomic mass is 16.6. The van der Waals surface area contributed by atoms with E-state index < -0.39 is 11.7 Å². The number of aromatic nitrogens is 1. The Morgan fingerprint density at radius 3 is 2.38 bits per heavy atom. The molecule has 4 aromatic rings. The zero-order chi connectivity index (χ0) is 19.9. The van der Waals surface area contributed by atoms with Gasteiger partial charge in [0.15, 0.2) is 17.5 Å². The molecule has 1 aliphatic heterocycles. The molecule has 2 heterocycles. The molecule has 1 saturated heterocycles. The van der Waals surface area contributed by atoms with Crippen molar-refractivity contribution in [2.45, 2.75) is 31.6 Å². The predicted molar refractivity (Wildman–Crippen MR) is 111 cm³/mol. The molecule has 29 heavy (non-hydrogen) atoms. The van der Waals surface area contributed by atoms with Crippen LogP contribution in [0.25, 0.3) is 21.8 Å². The molecular weight excluding hydrogens is 362 g/mol. The van der Waals surface area contributed by atoms with E-state index in [0.717, 1.165) is 27.4 Å². The Balaban J connectivity index is 1.69. The van der Waals surface area contributed by atoms with Crippen molar-refractivity contribution >= 4 is 33.4 Å². The van der Waals surface area contributed by atoms with Gasteiger partial charge < -0.3 is 9.30 Å². The number of para-hydroxylation sites is 1. The van der Waals surface area contributed by atoms with E-state index in [4.69, 9.17) is 4.74 Å². The normalized spacial score (nSPS) is 22.9. The van der Waals surface area contributed by atoms with Crippen LogP contribution in [0.3, 0.4) is 0 Å². The molecule has 2 aliphatic rings. The lowest BCUT2D eigenvalue weighted by Crippen LogP contribution is -2.35. The van der Waals surface area contributed by atoms with Gasteiger partial charge in [0.1, 0.15) is 0 Å². The number of ether oxygens (including phenoxy) is 1. The van der Waals surface area contributed by atoms with E-state index in [1.54, 1.807) is 6.07 Å². The molecular formula is C25H19NO3. The molecule has 0 radical (unpaired) electrons. The number of benzene rings is 3. The smallest absolute Gasteiger partial charge is 0.203 e. The summed E-state index contributed by atoms with van der Waals surface area (Å²) in [6.07, 6.45) is -0.742. The van der Waals surface area contributed by atoms with E-state index in [-0.39, 0.29) is 17.6 Å². The first-order chi connectivity index (χ1) is 14.1. The highest BCUT2D eigenvalue weighted by molar-refractivity contribution is 6.29. The van der Waals surface area contributed by atoms with Gasteiger partial charge in [-0.15, -0.1) is 0 Å². The number of hydrogen-bond acceptors (Lipinski definition) is 3. The second kappa shape index (κ2) is 5.43. The molecule has 3 aromatic carbocycles. The SMILES string of the molecule is CC(C)n1c2ccccc2c2ccc3c(c21)C(=O)C1OC1(c1ccccc1)C3=O. The Bertz CT molecular complexity index is 1350. The van der Waals surface area contributed by atoms with Crippen molar-refractivity contribution in [2.24, 2.45) is 0 Å². The Kier molecular flexibility index (Phi) is 3.12. The molecule has 2 unspecified atom stereocenters. The summed E-state index contributed by atoms with van der Waals surface area (Å²) in [4.78, 5) is 27.1. The molecule has 0 saturated carbocycles. The molecule has 4 heteroatoms. The average Bonchev–Trinajstić information content (AvgIpc) is 3.42. The maximum atomic E-state index is 13.6. The van der Waals surface area contributed by atoms with Crippen LogP contribution in [-0.4, -0.2) is 22.2 Å². The third kappa shape index (κ3) is 1.92. The fourth-order valence-electron chi connectivity index (χ4n) is 5.00. The van der Waals surface area contributed by atoms with Gasteiger partial charge in [-0.1, -0.05) is 54.6 Å². The van der Waals surface area contributed by atoms with Crippen molar-refractivity contribution in [3.8, 4) is 0 Å². The van der Waals surface area contributed by atoms with Crippen molar-refractivity contribution in [1.29, 1.82) is 0 Å². The third-order valence-corrected chi connectivity index (χ3v) is 6.27. The Hall–Kier alpha value is -3.24. The highest BCUT2D eigenvalue weighted by Crippen LogP contribution is 2.54. The summed E-state index contributed by atoms with van der Waals surface area (Å²) in [7, 11) is 0. The predicted octanol–water partition coefficient (Wildman–Crippen LogP) is 5.05. The number of epoxide rings is 1. The van der Waals surface area contributed by atoms with E-state index in [1.807, 2.05) is 48.5 Å². The monoisotopic (exact) mass is 381 g/mol. The minimum atomic E-state index is -1.16. The number of rotatable bonds is 2. The Morgan fingerprint density at radius 2 is 1.62 bits per heavy atom. The summed E-state index contributed by atoms with van der Waals surface area (Å²) >= 11 is 0. The van der Waals surface area contributed by atoms with Crippen LogP contribution in [0.15, 0.2) is 66.7 Å². The molecule has 2 atom stereocenters. The van der Waals surface area contributed by atoms with E-state index in [9.17, 15) is 9.59 Å². The fourth-order valence-corrected chi connectivity index (χ4v) is 5.00. The van der Waals surface area contributed by atoms with Crippen LogP contribution in [0.4, 0.5) is 0 Å². The summed E-state index contributed by atoms with van der Waals surface area (Å²) in [5.41, 5.74) is 2.47. The van der Waals surface area contributed by atoms with Crippen LogP contribution in [-0.2, 0) is 10.3 Å². The number of hydrogen-bond donors (Lipinski definition) is 0. The van der Waals surface area contributed by atoms with Crippen LogP contribution in [0.1, 0.15) is 46.2 Å². The van der Waals surface area contributed by atoms with Crippen LogP contribution < -0.4 is 0 Å². The standard InChI is InChI=1S/C25H19NO3/c1-14(2)26-19-11-7-6-10-16(19)17-12-13-18-20(21(17)26)22(27)24-25(29-24,23(18)28)15-8-4-3-5-9-15/h3-14,24H,1-2H3. The number of nitrogens with zero attached hydrogens (tertiary/aromatic N) is 1. The van der Waals surface area contributed by atoms with E-state index in [2.05, 4.69) is 30.5 Å². The number of ketones is 2. The second-order valence-electron chi connectivity index (χ2n) is 8.16. The molecule has 142 valence electrons. The molecule has 0 N–H and O–H groups in total. The summed E-state index contributed by atoms with van der Waals surface area (Å²) < 4.78 is 8.05. The van der Waals surface area contributed by atoms with Crippen molar-refractivity contribution in [1.82, 2.24) is 4.57 Å². The zero-order valence-corrected chi connectivity index (χ0v) is 16.2. The van der Waals surface area contributed by atoms with Gasteiger partial charge >= 0.3 is 0 Å². The van der Waals surface area contributed by atoms with Crippen molar-refractivity contribution in [3.05, 3.63) is 83.4 Å². The number of Topliss-reactive ketones (excluding diaryl/α,β-unsaturated/α-hetero) is 2. The van der Waals surface area contributed by atoms with Gasteiger partial charge in [0.2, 0.25) is 5.78 Å². The Labute approximate surface area is 167 Å². The van der Waals surface area contributed by atoms with Gasteiger partial charge in [-0.2, -0.15) is 0 Å². The number of fused-ring (bicyclic) bond motifs is 6. The minimum Gasteiger partial charge on any atom is -0.343 e. The molecule has 0 bridgehead atoms. The van der Waals surface area contributed by atoms with Gasteiger partial charge in [-0.3, -0.25) is 9.59 Å². The zero-order valence-electron chi connectivity index (χ0n) is 16.2. The molecule has 1 aliphatic carbocycles. The van der Waals surface area contributed by atoms with Gasteiger partial charge in [0.05, 0.1) is 11.1 Å². The molecule has 1 fully saturated rings. The quantitative estimate of drug-likeness (QED) is 0.457. The highest BCUT2D eigenvalue weighted by Gasteiger charge is 2.70. The van der Waals surface area contributed by atoms with Crippen LogP contribution in [0.5, 0.6) is 0 Å². The topological polar surface area (TPSA) is 51.6 Å².